The third kappa shape index (κ3) is 3.88. The number of hydrogen-bond donors (Lipinski definition) is 1. The summed E-state index contributed by atoms with van der Waals surface area (Å²) in [7, 11) is 0. The van der Waals surface area contributed by atoms with Crippen molar-refractivity contribution in [2.24, 2.45) is 0 Å². The first-order chi connectivity index (χ1) is 13.9. The maximum atomic E-state index is 13.7. The highest BCUT2D eigenvalue weighted by atomic mass is 79.9. The summed E-state index contributed by atoms with van der Waals surface area (Å²) in [6.07, 6.45) is 0.256. The number of carbonyl (C=O) groups is 1. The fraction of sp³-hybridized carbons (Fsp3) is 0.158. The van der Waals surface area contributed by atoms with Gasteiger partial charge in [-0.05, 0) is 53.2 Å². The number of pyridine rings is 2. The number of nitrogens with zero attached hydrogens (tertiary/aromatic N) is 4. The van der Waals surface area contributed by atoms with E-state index in [1.54, 1.807) is 37.4 Å². The first-order valence-corrected chi connectivity index (χ1v) is 9.33. The smallest absolute Gasteiger partial charge is 0.264 e. The molecule has 4 aromatic heterocycles. The largest absolute Gasteiger partial charge is 0.463 e. The molecule has 0 aliphatic rings. The highest BCUT2D eigenvalue weighted by Gasteiger charge is 2.22. The Morgan fingerprint density at radius 2 is 2.17 bits per heavy atom. The van der Waals surface area contributed by atoms with Crippen molar-refractivity contribution in [3.05, 3.63) is 58.5 Å². The van der Waals surface area contributed by atoms with E-state index in [4.69, 9.17) is 4.42 Å². The number of anilines is 1. The number of aryl methyl sites for hydroxylation is 1. The Hall–Kier alpha value is -3.14. The second-order valence-electron chi connectivity index (χ2n) is 6.23. The van der Waals surface area contributed by atoms with Crippen LogP contribution in [-0.2, 0) is 11.3 Å². The quantitative estimate of drug-likeness (QED) is 0.464. The van der Waals surface area contributed by atoms with Gasteiger partial charge in [0.2, 0.25) is 5.91 Å². The van der Waals surface area contributed by atoms with Gasteiger partial charge in [0.15, 0.2) is 11.4 Å². The summed E-state index contributed by atoms with van der Waals surface area (Å²) in [6, 6.07) is 7.93. The Balaban J connectivity index is 1.72. The molecule has 4 heterocycles. The molecule has 1 N–H and O–H groups in total. The van der Waals surface area contributed by atoms with E-state index in [-0.39, 0.29) is 28.8 Å². The van der Waals surface area contributed by atoms with Crippen molar-refractivity contribution in [2.45, 2.75) is 19.9 Å². The molecule has 4 aromatic rings. The van der Waals surface area contributed by atoms with Gasteiger partial charge in [-0.2, -0.15) is 5.10 Å². The molecule has 148 valence electrons. The van der Waals surface area contributed by atoms with E-state index in [0.717, 1.165) is 4.47 Å². The van der Waals surface area contributed by atoms with Crippen LogP contribution in [0.3, 0.4) is 0 Å². The first kappa shape index (κ1) is 19.2. The minimum absolute atomic E-state index is 0.186. The zero-order valence-corrected chi connectivity index (χ0v) is 16.7. The lowest BCUT2D eigenvalue weighted by Crippen LogP contribution is -2.20. The Morgan fingerprint density at radius 1 is 1.34 bits per heavy atom. The highest BCUT2D eigenvalue weighted by molar-refractivity contribution is 9.10. The summed E-state index contributed by atoms with van der Waals surface area (Å²) < 4.78 is 34.8. The van der Waals surface area contributed by atoms with E-state index in [0.29, 0.717) is 17.3 Å². The molecule has 0 spiro atoms. The van der Waals surface area contributed by atoms with E-state index >= 15 is 0 Å². The molecule has 0 saturated heterocycles. The third-order valence-electron chi connectivity index (χ3n) is 4.20. The molecule has 1 amide bonds. The van der Waals surface area contributed by atoms with Gasteiger partial charge in [0, 0.05) is 16.2 Å². The number of hydrogen-bond acceptors (Lipinski definition) is 5. The molecule has 0 aromatic carbocycles. The van der Waals surface area contributed by atoms with E-state index in [2.05, 4.69) is 36.3 Å². The van der Waals surface area contributed by atoms with E-state index < -0.39 is 12.3 Å². The molecule has 0 atom stereocenters. The average molecular weight is 462 g/mol. The number of carbonyl (C=O) groups excluding carboxylic acids is 1. The van der Waals surface area contributed by atoms with E-state index in [9.17, 15) is 13.6 Å². The lowest BCUT2D eigenvalue weighted by atomic mass is 10.1. The van der Waals surface area contributed by atoms with Crippen molar-refractivity contribution in [3.63, 3.8) is 0 Å². The summed E-state index contributed by atoms with van der Waals surface area (Å²) in [6.45, 7) is 1.40. The Kier molecular flexibility index (Phi) is 5.10. The van der Waals surface area contributed by atoms with Gasteiger partial charge in [-0.15, -0.1) is 0 Å². The highest BCUT2D eigenvalue weighted by Crippen LogP contribution is 2.33. The predicted octanol–water partition coefficient (Wildman–Crippen LogP) is 4.73. The molecule has 4 rings (SSSR count). The molecule has 0 bridgehead atoms. The molecule has 10 heteroatoms. The molecule has 0 aliphatic heterocycles. The zero-order chi connectivity index (χ0) is 20.5. The third-order valence-corrected chi connectivity index (χ3v) is 4.67. The lowest BCUT2D eigenvalue weighted by Gasteiger charge is -2.08. The number of aromatic nitrogens is 4. The van der Waals surface area contributed by atoms with Crippen LogP contribution in [0.5, 0.6) is 0 Å². The van der Waals surface area contributed by atoms with E-state index in [1.807, 2.05) is 0 Å². The number of rotatable bonds is 5. The number of fused-ring (bicyclic) bond motifs is 1. The number of amides is 1. The van der Waals surface area contributed by atoms with Crippen molar-refractivity contribution in [1.29, 1.82) is 0 Å². The van der Waals surface area contributed by atoms with Crippen LogP contribution < -0.4 is 5.32 Å². The number of furan rings is 1. The van der Waals surface area contributed by atoms with Crippen molar-refractivity contribution in [3.8, 4) is 11.5 Å². The lowest BCUT2D eigenvalue weighted by molar-refractivity contribution is -0.116. The van der Waals surface area contributed by atoms with Crippen LogP contribution in [0.4, 0.5) is 14.6 Å². The molecule has 0 radical (unpaired) electrons. The minimum atomic E-state index is -2.73. The normalized spacial score (nSPS) is 11.3. The SMILES string of the molecule is Cc1nn(CC(=O)Nc2ccc(Br)cn2)c2nc(-c3ccco3)cc(C(F)F)c12. The van der Waals surface area contributed by atoms with Crippen molar-refractivity contribution in [1.82, 2.24) is 19.7 Å². The van der Waals surface area contributed by atoms with Gasteiger partial charge < -0.3 is 9.73 Å². The second-order valence-corrected chi connectivity index (χ2v) is 7.14. The van der Waals surface area contributed by atoms with Crippen LogP contribution in [0.25, 0.3) is 22.5 Å². The molecule has 0 fully saturated rings. The molecular weight excluding hydrogens is 448 g/mol. The maximum Gasteiger partial charge on any atom is 0.264 e. The predicted molar refractivity (Wildman–Crippen MR) is 105 cm³/mol. The fourth-order valence-electron chi connectivity index (χ4n) is 2.99. The molecule has 29 heavy (non-hydrogen) atoms. The molecule has 7 nitrogen and oxygen atoms in total. The summed E-state index contributed by atoms with van der Waals surface area (Å²) in [5, 5.41) is 7.12. The van der Waals surface area contributed by atoms with E-state index in [1.165, 1.54) is 17.0 Å². The van der Waals surface area contributed by atoms with Crippen LogP contribution in [0, 0.1) is 6.92 Å². The Bertz CT molecular complexity index is 1170. The standard InChI is InChI=1S/C19H14BrF2N5O2/c1-10-17-12(18(21)22)7-13(14-3-2-6-29-14)24-19(17)27(26-10)9-16(28)25-15-5-4-11(20)8-23-15/h2-8,18H,9H2,1H3,(H,23,25,28). The van der Waals surface area contributed by atoms with Gasteiger partial charge in [0.05, 0.1) is 17.3 Å². The van der Waals surface area contributed by atoms with Gasteiger partial charge in [-0.25, -0.2) is 23.4 Å². The van der Waals surface area contributed by atoms with Crippen LogP contribution in [0.15, 0.2) is 51.7 Å². The van der Waals surface area contributed by atoms with Crippen molar-refractivity contribution < 1.29 is 18.0 Å². The van der Waals surface area contributed by atoms with Gasteiger partial charge in [0.1, 0.15) is 18.1 Å². The Labute approximate surface area is 171 Å². The van der Waals surface area contributed by atoms with Crippen molar-refractivity contribution >= 4 is 38.7 Å². The van der Waals surface area contributed by atoms with Crippen LogP contribution >= 0.6 is 15.9 Å². The summed E-state index contributed by atoms with van der Waals surface area (Å²) >= 11 is 3.27. The summed E-state index contributed by atoms with van der Waals surface area (Å²) in [5.41, 5.74) is 0.586. The van der Waals surface area contributed by atoms with Gasteiger partial charge in [0.25, 0.3) is 6.43 Å². The fourth-order valence-corrected chi connectivity index (χ4v) is 3.22. The summed E-state index contributed by atoms with van der Waals surface area (Å²) in [5.74, 6) is 0.305. The van der Waals surface area contributed by atoms with Gasteiger partial charge in [-0.1, -0.05) is 0 Å². The van der Waals surface area contributed by atoms with Crippen molar-refractivity contribution in [2.75, 3.05) is 5.32 Å². The van der Waals surface area contributed by atoms with Crippen LogP contribution in [0.2, 0.25) is 0 Å². The molecular formula is C19H14BrF2N5O2. The Morgan fingerprint density at radius 3 is 2.83 bits per heavy atom. The number of halogens is 3. The molecule has 0 aliphatic carbocycles. The van der Waals surface area contributed by atoms with Gasteiger partial charge >= 0.3 is 0 Å². The maximum absolute atomic E-state index is 13.7. The molecule has 0 saturated carbocycles. The second kappa shape index (κ2) is 7.70. The summed E-state index contributed by atoms with van der Waals surface area (Å²) in [4.78, 5) is 20.9. The van der Waals surface area contributed by atoms with Crippen LogP contribution in [-0.4, -0.2) is 25.7 Å². The topological polar surface area (TPSA) is 85.8 Å². The zero-order valence-electron chi connectivity index (χ0n) is 15.1. The first-order valence-electron chi connectivity index (χ1n) is 8.54. The monoisotopic (exact) mass is 461 g/mol. The number of alkyl halides is 2. The minimum Gasteiger partial charge on any atom is -0.463 e. The van der Waals surface area contributed by atoms with Gasteiger partial charge in [-0.3, -0.25) is 4.79 Å². The molecule has 0 unspecified atom stereocenters. The van der Waals surface area contributed by atoms with Crippen LogP contribution in [0.1, 0.15) is 17.7 Å². The average Bonchev–Trinajstić information content (AvgIpc) is 3.32. The number of nitrogens with one attached hydrogen (secondary N) is 1.